The lowest BCUT2D eigenvalue weighted by molar-refractivity contribution is 1.05. The minimum Gasteiger partial charge on any atom is -0.358 e. The van der Waals surface area contributed by atoms with Gasteiger partial charge in [-0.3, -0.25) is 4.57 Å². The number of halogens is 2. The average molecular weight is 242 g/mol. The molecule has 0 fully saturated rings. The molecule has 1 aromatic heterocycles. The van der Waals surface area contributed by atoms with Crippen LogP contribution in [-0.2, 0) is 0 Å². The van der Waals surface area contributed by atoms with Gasteiger partial charge < -0.3 is 5.32 Å². The Bertz CT molecular complexity index is 479. The number of nitrogens with zero attached hydrogens (tertiary/aromatic N) is 2. The number of rotatable bonds is 2. The summed E-state index contributed by atoms with van der Waals surface area (Å²) in [6.45, 7) is 0. The zero-order valence-electron chi connectivity index (χ0n) is 8.04. The molecule has 1 aromatic carbocycles. The number of nitrogens with one attached hydrogen (secondary N) is 1. The fraction of sp³-hybridized carbons (Fsp3) is 0.100. The summed E-state index contributed by atoms with van der Waals surface area (Å²) in [6.07, 6.45) is 3.57. The molecular formula is C10H9Cl2N3. The topological polar surface area (TPSA) is 29.9 Å². The van der Waals surface area contributed by atoms with Crippen molar-refractivity contribution in [1.29, 1.82) is 0 Å². The average Bonchev–Trinajstić information content (AvgIpc) is 2.70. The molecule has 2 rings (SSSR count). The standard InChI is InChI=1S/C10H9Cl2N3/c1-13-10-14-4-5-15(10)7-2-3-8(11)9(12)6-7/h2-6H,1H3,(H,13,14). The number of hydrogen-bond acceptors (Lipinski definition) is 2. The minimum atomic E-state index is 0.532. The molecule has 0 atom stereocenters. The summed E-state index contributed by atoms with van der Waals surface area (Å²) < 4.78 is 1.89. The van der Waals surface area contributed by atoms with Crippen LogP contribution in [0.2, 0.25) is 10.0 Å². The Hall–Kier alpha value is -1.19. The van der Waals surface area contributed by atoms with Gasteiger partial charge in [-0.15, -0.1) is 0 Å². The second-order valence-corrected chi connectivity index (χ2v) is 3.78. The summed E-state index contributed by atoms with van der Waals surface area (Å²) >= 11 is 11.8. The first-order valence-corrected chi connectivity index (χ1v) is 5.14. The molecule has 2 aromatic rings. The summed E-state index contributed by atoms with van der Waals surface area (Å²) in [4.78, 5) is 4.14. The summed E-state index contributed by atoms with van der Waals surface area (Å²) in [5, 5.41) is 4.06. The van der Waals surface area contributed by atoms with Crippen LogP contribution in [0.25, 0.3) is 5.69 Å². The molecule has 1 N–H and O–H groups in total. The van der Waals surface area contributed by atoms with E-state index in [1.807, 2.05) is 23.9 Å². The van der Waals surface area contributed by atoms with E-state index < -0.39 is 0 Å². The van der Waals surface area contributed by atoms with Gasteiger partial charge in [-0.2, -0.15) is 0 Å². The molecular weight excluding hydrogens is 233 g/mol. The molecule has 3 nitrogen and oxygen atoms in total. The Labute approximate surface area is 97.6 Å². The molecule has 0 aliphatic rings. The maximum absolute atomic E-state index is 5.94. The Morgan fingerprint density at radius 3 is 2.73 bits per heavy atom. The van der Waals surface area contributed by atoms with Gasteiger partial charge in [0.25, 0.3) is 0 Å². The molecule has 1 heterocycles. The number of aromatic nitrogens is 2. The van der Waals surface area contributed by atoms with Gasteiger partial charge in [0.05, 0.1) is 15.7 Å². The normalized spacial score (nSPS) is 10.3. The first-order chi connectivity index (χ1) is 7.22. The zero-order chi connectivity index (χ0) is 10.8. The van der Waals surface area contributed by atoms with Crippen LogP contribution >= 0.6 is 23.2 Å². The van der Waals surface area contributed by atoms with Crippen molar-refractivity contribution in [2.45, 2.75) is 0 Å². The largest absolute Gasteiger partial charge is 0.358 e. The molecule has 0 amide bonds. The monoisotopic (exact) mass is 241 g/mol. The van der Waals surface area contributed by atoms with Crippen LogP contribution in [0.3, 0.4) is 0 Å². The number of hydrogen-bond donors (Lipinski definition) is 1. The molecule has 0 unspecified atom stereocenters. The second kappa shape index (κ2) is 4.13. The van der Waals surface area contributed by atoms with Crippen molar-refractivity contribution in [2.75, 3.05) is 12.4 Å². The molecule has 0 saturated carbocycles. The highest BCUT2D eigenvalue weighted by molar-refractivity contribution is 6.42. The van der Waals surface area contributed by atoms with Crippen LogP contribution in [0.15, 0.2) is 30.6 Å². The highest BCUT2D eigenvalue weighted by Gasteiger charge is 2.04. The van der Waals surface area contributed by atoms with E-state index in [0.717, 1.165) is 11.6 Å². The Balaban J connectivity index is 2.50. The third kappa shape index (κ3) is 1.94. The molecule has 0 bridgehead atoms. The van der Waals surface area contributed by atoms with Crippen molar-refractivity contribution >= 4 is 29.2 Å². The Morgan fingerprint density at radius 2 is 2.07 bits per heavy atom. The first-order valence-electron chi connectivity index (χ1n) is 4.39. The fourth-order valence-electron chi connectivity index (χ4n) is 1.33. The summed E-state index contributed by atoms with van der Waals surface area (Å²) in [7, 11) is 1.82. The van der Waals surface area contributed by atoms with Crippen LogP contribution in [0, 0.1) is 0 Å². The zero-order valence-corrected chi connectivity index (χ0v) is 9.55. The van der Waals surface area contributed by atoms with Gasteiger partial charge >= 0.3 is 0 Å². The van der Waals surface area contributed by atoms with E-state index in [1.165, 1.54) is 0 Å². The SMILES string of the molecule is CNc1nccn1-c1ccc(Cl)c(Cl)c1. The Kier molecular flexibility index (Phi) is 2.84. The second-order valence-electron chi connectivity index (χ2n) is 2.97. The predicted octanol–water partition coefficient (Wildman–Crippen LogP) is 3.22. The molecule has 0 saturated heterocycles. The van der Waals surface area contributed by atoms with Gasteiger partial charge in [0.15, 0.2) is 0 Å². The lowest BCUT2D eigenvalue weighted by Gasteiger charge is -2.07. The van der Waals surface area contributed by atoms with E-state index in [1.54, 1.807) is 18.3 Å². The van der Waals surface area contributed by atoms with E-state index in [4.69, 9.17) is 23.2 Å². The first kappa shape index (κ1) is 10.3. The number of anilines is 1. The van der Waals surface area contributed by atoms with Gasteiger partial charge in [-0.25, -0.2) is 4.98 Å². The van der Waals surface area contributed by atoms with Crippen LogP contribution in [0.1, 0.15) is 0 Å². The van der Waals surface area contributed by atoms with E-state index >= 15 is 0 Å². The van der Waals surface area contributed by atoms with Crippen LogP contribution in [0.5, 0.6) is 0 Å². The highest BCUT2D eigenvalue weighted by atomic mass is 35.5. The van der Waals surface area contributed by atoms with Crippen molar-refractivity contribution < 1.29 is 0 Å². The van der Waals surface area contributed by atoms with Crippen molar-refractivity contribution in [3.8, 4) is 5.69 Å². The van der Waals surface area contributed by atoms with Gasteiger partial charge in [-0.05, 0) is 18.2 Å². The van der Waals surface area contributed by atoms with Crippen LogP contribution in [-0.4, -0.2) is 16.6 Å². The number of imidazole rings is 1. The maximum Gasteiger partial charge on any atom is 0.207 e. The quantitative estimate of drug-likeness (QED) is 0.876. The summed E-state index contributed by atoms with van der Waals surface area (Å²) in [5.74, 6) is 0.758. The maximum atomic E-state index is 5.94. The van der Waals surface area contributed by atoms with Gasteiger partial charge in [-0.1, -0.05) is 23.2 Å². The van der Waals surface area contributed by atoms with E-state index in [-0.39, 0.29) is 0 Å². The van der Waals surface area contributed by atoms with Gasteiger partial charge in [0, 0.05) is 19.4 Å². The molecule has 0 aliphatic heterocycles. The molecule has 5 heteroatoms. The van der Waals surface area contributed by atoms with Crippen molar-refractivity contribution in [3.05, 3.63) is 40.6 Å². The van der Waals surface area contributed by atoms with E-state index in [0.29, 0.717) is 10.0 Å². The highest BCUT2D eigenvalue weighted by Crippen LogP contribution is 2.25. The van der Waals surface area contributed by atoms with Crippen molar-refractivity contribution in [3.63, 3.8) is 0 Å². The van der Waals surface area contributed by atoms with Crippen LogP contribution in [0.4, 0.5) is 5.95 Å². The summed E-state index contributed by atoms with van der Waals surface area (Å²) in [5.41, 5.74) is 0.922. The molecule has 15 heavy (non-hydrogen) atoms. The fourth-order valence-corrected chi connectivity index (χ4v) is 1.62. The molecule has 0 radical (unpaired) electrons. The van der Waals surface area contributed by atoms with Gasteiger partial charge in [0.1, 0.15) is 0 Å². The van der Waals surface area contributed by atoms with E-state index in [9.17, 15) is 0 Å². The van der Waals surface area contributed by atoms with Gasteiger partial charge in [0.2, 0.25) is 5.95 Å². The summed E-state index contributed by atoms with van der Waals surface area (Å²) in [6, 6.07) is 5.45. The predicted molar refractivity (Wildman–Crippen MR) is 63.1 cm³/mol. The lowest BCUT2D eigenvalue weighted by Crippen LogP contribution is -2.00. The minimum absolute atomic E-state index is 0.532. The third-order valence-corrected chi connectivity index (χ3v) is 2.78. The van der Waals surface area contributed by atoms with Crippen molar-refractivity contribution in [2.24, 2.45) is 0 Å². The number of benzene rings is 1. The smallest absolute Gasteiger partial charge is 0.207 e. The lowest BCUT2D eigenvalue weighted by atomic mass is 10.3. The van der Waals surface area contributed by atoms with Crippen LogP contribution < -0.4 is 5.32 Å². The molecule has 0 aliphatic carbocycles. The molecule has 78 valence electrons. The molecule has 0 spiro atoms. The van der Waals surface area contributed by atoms with Crippen molar-refractivity contribution in [1.82, 2.24) is 9.55 Å². The van der Waals surface area contributed by atoms with E-state index in [2.05, 4.69) is 10.3 Å². The third-order valence-electron chi connectivity index (χ3n) is 2.05. The Morgan fingerprint density at radius 1 is 1.27 bits per heavy atom.